The van der Waals surface area contributed by atoms with Gasteiger partial charge in [0.05, 0.1) is 11.9 Å². The predicted molar refractivity (Wildman–Crippen MR) is 57.9 cm³/mol. The lowest BCUT2D eigenvalue weighted by atomic mass is 10.1. The molecule has 0 bridgehead atoms. The number of sulfonamides is 1. The van der Waals surface area contributed by atoms with E-state index in [0.29, 0.717) is 24.1 Å². The summed E-state index contributed by atoms with van der Waals surface area (Å²) < 4.78 is 25.7. The zero-order valence-electron chi connectivity index (χ0n) is 8.85. The average Bonchev–Trinajstić information content (AvgIpc) is 2.83. The highest BCUT2D eigenvalue weighted by Crippen LogP contribution is 2.30. The van der Waals surface area contributed by atoms with Crippen LogP contribution in [0.2, 0.25) is 0 Å². The number of aliphatic hydroxyl groups excluding tert-OH is 1. The largest absolute Gasteiger partial charge is 0.393 e. The van der Waals surface area contributed by atoms with Crippen molar-refractivity contribution in [3.8, 4) is 0 Å². The lowest BCUT2D eigenvalue weighted by Gasteiger charge is -2.10. The van der Waals surface area contributed by atoms with E-state index in [2.05, 4.69) is 4.72 Å². The van der Waals surface area contributed by atoms with Crippen molar-refractivity contribution >= 4 is 10.0 Å². The molecule has 0 radical (unpaired) electrons. The summed E-state index contributed by atoms with van der Waals surface area (Å²) in [5, 5.41) is 9.31. The van der Waals surface area contributed by atoms with E-state index in [9.17, 15) is 13.5 Å². The third kappa shape index (κ3) is 3.74. The van der Waals surface area contributed by atoms with Gasteiger partial charge in [0.25, 0.3) is 0 Å². The van der Waals surface area contributed by atoms with Gasteiger partial charge in [0.1, 0.15) is 0 Å². The first-order valence-electron chi connectivity index (χ1n) is 5.70. The first-order valence-corrected chi connectivity index (χ1v) is 7.36. The van der Waals surface area contributed by atoms with E-state index >= 15 is 0 Å². The van der Waals surface area contributed by atoms with Crippen LogP contribution in [-0.4, -0.2) is 31.9 Å². The second-order valence-corrected chi connectivity index (χ2v) is 6.76. The Hall–Kier alpha value is -0.130. The fourth-order valence-corrected chi connectivity index (χ4v) is 3.69. The zero-order chi connectivity index (χ0) is 10.9. The molecule has 5 heteroatoms. The van der Waals surface area contributed by atoms with Crippen molar-refractivity contribution < 1.29 is 13.5 Å². The molecule has 0 aromatic heterocycles. The quantitative estimate of drug-likeness (QED) is 0.725. The molecule has 2 N–H and O–H groups in total. The number of hydrogen-bond acceptors (Lipinski definition) is 3. The number of aliphatic hydroxyl groups is 1. The normalized spacial score (nSPS) is 32.1. The SMILES string of the molecule is O=S(=O)(CC1CC1)NCC1CCC(O)C1. The number of nitrogens with one attached hydrogen (secondary N) is 1. The summed E-state index contributed by atoms with van der Waals surface area (Å²) in [5.41, 5.74) is 0. The maximum absolute atomic E-state index is 11.5. The predicted octanol–water partition coefficient (Wildman–Crippen LogP) is 0.477. The molecule has 4 nitrogen and oxygen atoms in total. The third-order valence-electron chi connectivity index (χ3n) is 3.26. The van der Waals surface area contributed by atoms with Gasteiger partial charge in [-0.2, -0.15) is 0 Å². The summed E-state index contributed by atoms with van der Waals surface area (Å²) >= 11 is 0. The molecule has 2 atom stereocenters. The molecule has 2 aliphatic carbocycles. The Morgan fingerprint density at radius 3 is 2.33 bits per heavy atom. The van der Waals surface area contributed by atoms with Gasteiger partial charge in [-0.15, -0.1) is 0 Å². The minimum Gasteiger partial charge on any atom is -0.393 e. The minimum absolute atomic E-state index is 0.220. The van der Waals surface area contributed by atoms with Crippen LogP contribution in [0.25, 0.3) is 0 Å². The van der Waals surface area contributed by atoms with Gasteiger partial charge in [-0.3, -0.25) is 0 Å². The van der Waals surface area contributed by atoms with Crippen LogP contribution in [0, 0.1) is 11.8 Å². The maximum Gasteiger partial charge on any atom is 0.211 e. The van der Waals surface area contributed by atoms with E-state index in [1.54, 1.807) is 0 Å². The third-order valence-corrected chi connectivity index (χ3v) is 4.77. The van der Waals surface area contributed by atoms with Crippen molar-refractivity contribution in [1.29, 1.82) is 0 Å². The first-order chi connectivity index (χ1) is 7.05. The summed E-state index contributed by atoms with van der Waals surface area (Å²) in [7, 11) is -3.05. The van der Waals surface area contributed by atoms with Crippen molar-refractivity contribution in [2.24, 2.45) is 11.8 Å². The molecule has 2 fully saturated rings. The van der Waals surface area contributed by atoms with E-state index in [0.717, 1.165) is 32.1 Å². The lowest BCUT2D eigenvalue weighted by Crippen LogP contribution is -2.31. The summed E-state index contributed by atoms with van der Waals surface area (Å²) in [6.45, 7) is 0.506. The van der Waals surface area contributed by atoms with E-state index in [1.807, 2.05) is 0 Å². The molecule has 2 saturated carbocycles. The van der Waals surface area contributed by atoms with Gasteiger partial charge in [0.2, 0.25) is 10.0 Å². The fraction of sp³-hybridized carbons (Fsp3) is 1.00. The van der Waals surface area contributed by atoms with Crippen LogP contribution in [0.1, 0.15) is 32.1 Å². The second kappa shape index (κ2) is 4.39. The van der Waals surface area contributed by atoms with Crippen LogP contribution in [0.4, 0.5) is 0 Å². The molecule has 2 unspecified atom stereocenters. The van der Waals surface area contributed by atoms with Gasteiger partial charge in [0.15, 0.2) is 0 Å². The fourth-order valence-electron chi connectivity index (χ4n) is 2.13. The van der Waals surface area contributed by atoms with Gasteiger partial charge in [0, 0.05) is 6.54 Å². The molecule has 0 amide bonds. The van der Waals surface area contributed by atoms with Crippen LogP contribution in [0.5, 0.6) is 0 Å². The minimum atomic E-state index is -3.05. The molecule has 0 saturated heterocycles. The lowest BCUT2D eigenvalue weighted by molar-refractivity contribution is 0.178. The molecule has 0 aromatic rings. The Balaban J connectivity index is 1.72. The van der Waals surface area contributed by atoms with Gasteiger partial charge in [-0.1, -0.05) is 0 Å². The van der Waals surface area contributed by atoms with Crippen LogP contribution in [-0.2, 0) is 10.0 Å². The molecule has 0 spiro atoms. The highest BCUT2D eigenvalue weighted by atomic mass is 32.2. The molecular weight excluding hydrogens is 214 g/mol. The Labute approximate surface area is 91.1 Å². The van der Waals surface area contributed by atoms with Gasteiger partial charge in [-0.05, 0) is 43.9 Å². The molecular formula is C10H19NO3S. The summed E-state index contributed by atoms with van der Waals surface area (Å²) in [6.07, 6.45) is 4.39. The molecule has 15 heavy (non-hydrogen) atoms. The highest BCUT2D eigenvalue weighted by Gasteiger charge is 2.29. The molecule has 88 valence electrons. The Kier molecular flexibility index (Phi) is 3.33. The van der Waals surface area contributed by atoms with Crippen molar-refractivity contribution in [1.82, 2.24) is 4.72 Å². The molecule has 0 aliphatic heterocycles. The van der Waals surface area contributed by atoms with E-state index in [4.69, 9.17) is 0 Å². The Bertz CT molecular complexity index is 311. The van der Waals surface area contributed by atoms with Gasteiger partial charge in [-0.25, -0.2) is 13.1 Å². The van der Waals surface area contributed by atoms with E-state index < -0.39 is 10.0 Å². The first kappa shape index (κ1) is 11.4. The topological polar surface area (TPSA) is 66.4 Å². The monoisotopic (exact) mass is 233 g/mol. The van der Waals surface area contributed by atoms with E-state index in [1.165, 1.54) is 0 Å². The van der Waals surface area contributed by atoms with Crippen molar-refractivity contribution in [3.05, 3.63) is 0 Å². The smallest absolute Gasteiger partial charge is 0.211 e. The van der Waals surface area contributed by atoms with Crippen molar-refractivity contribution in [2.75, 3.05) is 12.3 Å². The van der Waals surface area contributed by atoms with Gasteiger partial charge < -0.3 is 5.11 Å². The molecule has 0 heterocycles. The zero-order valence-corrected chi connectivity index (χ0v) is 9.67. The maximum atomic E-state index is 11.5. The highest BCUT2D eigenvalue weighted by molar-refractivity contribution is 7.89. The Morgan fingerprint density at radius 2 is 1.80 bits per heavy atom. The molecule has 2 aliphatic rings. The Morgan fingerprint density at radius 1 is 1.13 bits per heavy atom. The van der Waals surface area contributed by atoms with Crippen LogP contribution < -0.4 is 4.72 Å². The van der Waals surface area contributed by atoms with Crippen LogP contribution in [0.15, 0.2) is 0 Å². The summed E-state index contributed by atoms with van der Waals surface area (Å²) in [4.78, 5) is 0. The summed E-state index contributed by atoms with van der Waals surface area (Å²) in [5.74, 6) is 1.02. The average molecular weight is 233 g/mol. The van der Waals surface area contributed by atoms with E-state index in [-0.39, 0.29) is 6.10 Å². The molecule has 2 rings (SSSR count). The summed E-state index contributed by atoms with van der Waals surface area (Å²) in [6, 6.07) is 0. The second-order valence-electron chi connectivity index (χ2n) is 4.91. The standard InChI is InChI=1S/C10H19NO3S/c12-10-4-3-9(5-10)6-11-15(13,14)7-8-1-2-8/h8-12H,1-7H2. The van der Waals surface area contributed by atoms with Crippen LogP contribution >= 0.6 is 0 Å². The van der Waals surface area contributed by atoms with Crippen molar-refractivity contribution in [3.63, 3.8) is 0 Å². The van der Waals surface area contributed by atoms with Gasteiger partial charge >= 0.3 is 0 Å². The van der Waals surface area contributed by atoms with Crippen LogP contribution in [0.3, 0.4) is 0 Å². The number of rotatable bonds is 5. The van der Waals surface area contributed by atoms with Crippen molar-refractivity contribution in [2.45, 2.75) is 38.2 Å². The number of hydrogen-bond donors (Lipinski definition) is 2. The molecule has 0 aromatic carbocycles.